The summed E-state index contributed by atoms with van der Waals surface area (Å²) < 4.78 is 11.6. The molecule has 0 radical (unpaired) electrons. The molecule has 2 fully saturated rings. The largest absolute Gasteiger partial charge is 0.468 e. The highest BCUT2D eigenvalue weighted by Gasteiger charge is 2.41. The van der Waals surface area contributed by atoms with Crippen LogP contribution in [0.4, 0.5) is 0 Å². The van der Waals surface area contributed by atoms with E-state index >= 15 is 0 Å². The first kappa shape index (κ1) is 16.3. The van der Waals surface area contributed by atoms with E-state index in [4.69, 9.17) is 9.15 Å². The van der Waals surface area contributed by atoms with Gasteiger partial charge in [0.1, 0.15) is 5.76 Å². The Bertz CT molecular complexity index is 613. The Labute approximate surface area is 148 Å². The first-order valence-corrected chi connectivity index (χ1v) is 9.78. The highest BCUT2D eigenvalue weighted by molar-refractivity contribution is 7.07. The van der Waals surface area contributed by atoms with Crippen LogP contribution in [-0.2, 0) is 17.8 Å². The second-order valence-electron chi connectivity index (χ2n) is 7.23. The van der Waals surface area contributed by atoms with Crippen LogP contribution in [0.1, 0.15) is 17.7 Å². The molecular weight excluding hydrogens is 320 g/mol. The van der Waals surface area contributed by atoms with E-state index in [0.717, 1.165) is 37.9 Å². The molecule has 0 bridgehead atoms. The van der Waals surface area contributed by atoms with Crippen molar-refractivity contribution in [3.8, 4) is 0 Å². The van der Waals surface area contributed by atoms with E-state index in [2.05, 4.69) is 33.7 Å². The molecule has 4 heterocycles. The van der Waals surface area contributed by atoms with Crippen molar-refractivity contribution in [2.24, 2.45) is 11.8 Å². The van der Waals surface area contributed by atoms with Gasteiger partial charge in [0.15, 0.2) is 0 Å². The van der Waals surface area contributed by atoms with Crippen LogP contribution < -0.4 is 0 Å². The van der Waals surface area contributed by atoms with Crippen molar-refractivity contribution in [3.63, 3.8) is 0 Å². The predicted molar refractivity (Wildman–Crippen MR) is 96.0 cm³/mol. The van der Waals surface area contributed by atoms with Crippen LogP contribution in [0, 0.1) is 11.8 Å². The minimum Gasteiger partial charge on any atom is -0.468 e. The van der Waals surface area contributed by atoms with Crippen molar-refractivity contribution >= 4 is 11.3 Å². The second kappa shape index (κ2) is 7.40. The fraction of sp³-hybridized carbons (Fsp3) is 0.579. The molecule has 0 saturated carbocycles. The van der Waals surface area contributed by atoms with Gasteiger partial charge in [0.05, 0.1) is 25.5 Å². The molecule has 0 unspecified atom stereocenters. The van der Waals surface area contributed by atoms with Gasteiger partial charge in [-0.05, 0) is 60.5 Å². The minimum atomic E-state index is 0.347. The Balaban J connectivity index is 1.33. The average molecular weight is 346 g/mol. The standard InChI is InChI=1S/C19H26N2O2S/c1-20(10-17-3-2-7-22-17)12-19-18-11-21(6-4-16(18)13-23-19)9-15-5-8-24-14-15/h2-3,5,7-8,14,16,18-19H,4,6,9-13H2,1H3/t16-,18-,19+/m0/s1. The molecule has 130 valence electrons. The summed E-state index contributed by atoms with van der Waals surface area (Å²) in [6.45, 7) is 6.23. The number of nitrogens with zero attached hydrogens (tertiary/aromatic N) is 2. The number of furan rings is 1. The Morgan fingerprint density at radius 2 is 2.33 bits per heavy atom. The van der Waals surface area contributed by atoms with Gasteiger partial charge < -0.3 is 9.15 Å². The zero-order valence-electron chi connectivity index (χ0n) is 14.3. The summed E-state index contributed by atoms with van der Waals surface area (Å²) in [4.78, 5) is 4.93. The molecule has 4 nitrogen and oxygen atoms in total. The molecule has 0 spiro atoms. The molecule has 2 aliphatic heterocycles. The molecule has 5 heteroatoms. The molecule has 3 atom stereocenters. The first-order chi connectivity index (χ1) is 11.8. The van der Waals surface area contributed by atoms with Crippen LogP contribution in [0.2, 0.25) is 0 Å². The van der Waals surface area contributed by atoms with E-state index in [9.17, 15) is 0 Å². The van der Waals surface area contributed by atoms with Crippen LogP contribution in [0.3, 0.4) is 0 Å². The van der Waals surface area contributed by atoms with Gasteiger partial charge in [-0.25, -0.2) is 0 Å². The lowest BCUT2D eigenvalue weighted by Crippen LogP contribution is -2.44. The van der Waals surface area contributed by atoms with Crippen molar-refractivity contribution in [2.45, 2.75) is 25.6 Å². The number of fused-ring (bicyclic) bond motifs is 1. The van der Waals surface area contributed by atoms with Crippen LogP contribution in [0.5, 0.6) is 0 Å². The molecule has 2 saturated heterocycles. The van der Waals surface area contributed by atoms with Crippen molar-refractivity contribution < 1.29 is 9.15 Å². The summed E-state index contributed by atoms with van der Waals surface area (Å²) in [5.74, 6) is 2.43. The summed E-state index contributed by atoms with van der Waals surface area (Å²) >= 11 is 1.79. The zero-order valence-corrected chi connectivity index (χ0v) is 15.1. The lowest BCUT2D eigenvalue weighted by atomic mass is 9.84. The Morgan fingerprint density at radius 1 is 1.38 bits per heavy atom. The smallest absolute Gasteiger partial charge is 0.117 e. The highest BCUT2D eigenvalue weighted by atomic mass is 32.1. The number of thiophene rings is 1. The molecule has 0 aromatic carbocycles. The van der Waals surface area contributed by atoms with Crippen LogP contribution >= 0.6 is 11.3 Å². The third-order valence-electron chi connectivity index (χ3n) is 5.38. The molecule has 2 aromatic heterocycles. The fourth-order valence-corrected chi connectivity index (χ4v) is 4.77. The van der Waals surface area contributed by atoms with E-state index in [0.29, 0.717) is 12.0 Å². The van der Waals surface area contributed by atoms with Gasteiger partial charge in [-0.2, -0.15) is 11.3 Å². The van der Waals surface area contributed by atoms with Gasteiger partial charge >= 0.3 is 0 Å². The molecule has 2 aromatic rings. The second-order valence-corrected chi connectivity index (χ2v) is 8.01. The highest BCUT2D eigenvalue weighted by Crippen LogP contribution is 2.35. The number of hydrogen-bond donors (Lipinski definition) is 0. The van der Waals surface area contributed by atoms with Crippen molar-refractivity contribution in [1.29, 1.82) is 0 Å². The summed E-state index contributed by atoms with van der Waals surface area (Å²) in [6, 6.07) is 6.24. The van der Waals surface area contributed by atoms with Gasteiger partial charge in [0.2, 0.25) is 0 Å². The third-order valence-corrected chi connectivity index (χ3v) is 6.11. The summed E-state index contributed by atoms with van der Waals surface area (Å²) in [7, 11) is 2.16. The van der Waals surface area contributed by atoms with Gasteiger partial charge in [0.25, 0.3) is 0 Å². The molecule has 0 amide bonds. The fourth-order valence-electron chi connectivity index (χ4n) is 4.11. The average Bonchev–Trinajstić information content (AvgIpc) is 3.31. The van der Waals surface area contributed by atoms with Crippen LogP contribution in [0.25, 0.3) is 0 Å². The maximum absolute atomic E-state index is 6.18. The Morgan fingerprint density at radius 3 is 3.12 bits per heavy atom. The first-order valence-electron chi connectivity index (χ1n) is 8.84. The summed E-state index contributed by atoms with van der Waals surface area (Å²) in [5, 5.41) is 4.44. The lowest BCUT2D eigenvalue weighted by Gasteiger charge is -2.36. The van der Waals surface area contributed by atoms with Crippen molar-refractivity contribution in [3.05, 3.63) is 46.5 Å². The van der Waals surface area contributed by atoms with E-state index in [1.165, 1.54) is 25.1 Å². The number of piperidine rings is 1. The number of likely N-dealkylation sites (tertiary alicyclic amines) is 1. The lowest BCUT2D eigenvalue weighted by molar-refractivity contribution is 0.0459. The van der Waals surface area contributed by atoms with Gasteiger partial charge in [-0.1, -0.05) is 0 Å². The van der Waals surface area contributed by atoms with Gasteiger partial charge in [-0.3, -0.25) is 9.80 Å². The SMILES string of the molecule is CN(Cc1ccco1)C[C@H]1OC[C@@H]2CCN(Cc3ccsc3)C[C@@H]21. The van der Waals surface area contributed by atoms with Crippen molar-refractivity contribution in [2.75, 3.05) is 33.3 Å². The third kappa shape index (κ3) is 3.75. The maximum atomic E-state index is 6.18. The topological polar surface area (TPSA) is 28.9 Å². The monoisotopic (exact) mass is 346 g/mol. The summed E-state index contributed by atoms with van der Waals surface area (Å²) in [5.41, 5.74) is 1.45. The number of likely N-dealkylation sites (N-methyl/N-ethyl adjacent to an activating group) is 1. The van der Waals surface area contributed by atoms with Crippen molar-refractivity contribution in [1.82, 2.24) is 9.80 Å². The molecule has 0 N–H and O–H groups in total. The van der Waals surface area contributed by atoms with Crippen LogP contribution in [0.15, 0.2) is 39.6 Å². The van der Waals surface area contributed by atoms with E-state index in [1.807, 2.05) is 12.1 Å². The number of hydrogen-bond acceptors (Lipinski definition) is 5. The maximum Gasteiger partial charge on any atom is 0.117 e. The molecule has 2 aliphatic rings. The molecular formula is C19H26N2O2S. The zero-order chi connectivity index (χ0) is 16.4. The van der Waals surface area contributed by atoms with E-state index in [1.54, 1.807) is 17.6 Å². The normalized spacial score (nSPS) is 27.7. The number of rotatable bonds is 6. The van der Waals surface area contributed by atoms with E-state index in [-0.39, 0.29) is 0 Å². The predicted octanol–water partition coefficient (Wildman–Crippen LogP) is 3.31. The minimum absolute atomic E-state index is 0.347. The Hall–Kier alpha value is -1.14. The molecule has 24 heavy (non-hydrogen) atoms. The Kier molecular flexibility index (Phi) is 5.03. The molecule has 4 rings (SSSR count). The molecule has 0 aliphatic carbocycles. The van der Waals surface area contributed by atoms with Gasteiger partial charge in [0, 0.05) is 25.6 Å². The number of ether oxygens (including phenoxy) is 1. The summed E-state index contributed by atoms with van der Waals surface area (Å²) in [6.07, 6.45) is 3.36. The van der Waals surface area contributed by atoms with Crippen LogP contribution in [-0.4, -0.2) is 49.2 Å². The van der Waals surface area contributed by atoms with E-state index < -0.39 is 0 Å². The quantitative estimate of drug-likeness (QED) is 0.802. The van der Waals surface area contributed by atoms with Gasteiger partial charge in [-0.15, -0.1) is 0 Å².